The number of hydrogen-bond donors (Lipinski definition) is 3. The predicted molar refractivity (Wildman–Crippen MR) is 89.8 cm³/mol. The number of carbonyl (C=O) groups excluding carboxylic acids is 1. The summed E-state index contributed by atoms with van der Waals surface area (Å²) in [6.45, 7) is 2.09. The SMILES string of the molecule is Cc1ccc2[nH]c3c(c2c1)CC(NC(=O)c1ccccc1O)C3. The summed E-state index contributed by atoms with van der Waals surface area (Å²) in [5, 5.41) is 14.1. The lowest BCUT2D eigenvalue weighted by Crippen LogP contribution is -2.35. The number of fused-ring (bicyclic) bond motifs is 3. The average Bonchev–Trinajstić information content (AvgIpc) is 3.05. The minimum Gasteiger partial charge on any atom is -0.507 e. The molecule has 0 spiro atoms. The van der Waals surface area contributed by atoms with E-state index in [1.807, 2.05) is 0 Å². The normalized spacial score (nSPS) is 16.5. The summed E-state index contributed by atoms with van der Waals surface area (Å²) in [5.41, 5.74) is 5.22. The summed E-state index contributed by atoms with van der Waals surface area (Å²) in [5.74, 6) is -0.207. The van der Waals surface area contributed by atoms with Crippen LogP contribution in [0.1, 0.15) is 27.2 Å². The molecule has 0 aliphatic heterocycles. The van der Waals surface area contributed by atoms with Crippen molar-refractivity contribution in [2.75, 3.05) is 0 Å². The van der Waals surface area contributed by atoms with Gasteiger partial charge in [0.05, 0.1) is 5.56 Å². The standard InChI is InChI=1S/C19H18N2O2/c1-11-6-7-16-14(8-11)15-9-12(10-17(15)21-16)20-19(23)13-4-2-3-5-18(13)22/h2-8,12,21-22H,9-10H2,1H3,(H,20,23). The van der Waals surface area contributed by atoms with Crippen LogP contribution in [0.15, 0.2) is 42.5 Å². The topological polar surface area (TPSA) is 65.1 Å². The van der Waals surface area contributed by atoms with E-state index in [0.29, 0.717) is 5.56 Å². The van der Waals surface area contributed by atoms with Gasteiger partial charge >= 0.3 is 0 Å². The predicted octanol–water partition coefficient (Wildman–Crippen LogP) is 3.08. The molecule has 2 aromatic carbocycles. The van der Waals surface area contributed by atoms with Crippen LogP contribution in [0.3, 0.4) is 0 Å². The Morgan fingerprint density at radius 1 is 1.22 bits per heavy atom. The number of para-hydroxylation sites is 1. The van der Waals surface area contributed by atoms with Gasteiger partial charge < -0.3 is 15.4 Å². The van der Waals surface area contributed by atoms with Crippen LogP contribution in [0.4, 0.5) is 0 Å². The zero-order valence-corrected chi connectivity index (χ0v) is 12.9. The van der Waals surface area contributed by atoms with Crippen molar-refractivity contribution >= 4 is 16.8 Å². The molecule has 1 heterocycles. The summed E-state index contributed by atoms with van der Waals surface area (Å²) in [7, 11) is 0. The lowest BCUT2D eigenvalue weighted by molar-refractivity contribution is 0.0936. The van der Waals surface area contributed by atoms with Crippen molar-refractivity contribution in [3.8, 4) is 5.75 Å². The summed E-state index contributed by atoms with van der Waals surface area (Å²) < 4.78 is 0. The number of phenols is 1. The largest absolute Gasteiger partial charge is 0.507 e. The van der Waals surface area contributed by atoms with Gasteiger partial charge in [0.1, 0.15) is 5.75 Å². The van der Waals surface area contributed by atoms with E-state index >= 15 is 0 Å². The fourth-order valence-corrected chi connectivity index (χ4v) is 3.42. The number of hydrogen-bond acceptors (Lipinski definition) is 2. The highest BCUT2D eigenvalue weighted by molar-refractivity contribution is 5.97. The van der Waals surface area contributed by atoms with Gasteiger partial charge in [-0.05, 0) is 43.2 Å². The first-order valence-electron chi connectivity index (χ1n) is 7.81. The minimum absolute atomic E-state index is 0.0163. The van der Waals surface area contributed by atoms with Gasteiger partial charge in [-0.25, -0.2) is 0 Å². The van der Waals surface area contributed by atoms with Gasteiger partial charge in [0.25, 0.3) is 5.91 Å². The van der Waals surface area contributed by atoms with Crippen molar-refractivity contribution in [2.24, 2.45) is 0 Å². The molecule has 3 aromatic rings. The van der Waals surface area contributed by atoms with E-state index in [1.165, 1.54) is 28.3 Å². The Hall–Kier alpha value is -2.75. The molecule has 4 nitrogen and oxygen atoms in total. The van der Waals surface area contributed by atoms with Crippen molar-refractivity contribution in [3.05, 3.63) is 64.8 Å². The van der Waals surface area contributed by atoms with Gasteiger partial charge in [0, 0.05) is 29.1 Å². The maximum Gasteiger partial charge on any atom is 0.255 e. The van der Waals surface area contributed by atoms with Crippen LogP contribution in [-0.2, 0) is 12.8 Å². The number of phenolic OH excluding ortho intramolecular Hbond substituents is 1. The van der Waals surface area contributed by atoms with Gasteiger partial charge in [0.2, 0.25) is 0 Å². The minimum atomic E-state index is -0.223. The number of nitrogens with one attached hydrogen (secondary N) is 2. The smallest absolute Gasteiger partial charge is 0.255 e. The molecule has 23 heavy (non-hydrogen) atoms. The molecule has 0 saturated carbocycles. The number of benzene rings is 2. The third-order valence-electron chi connectivity index (χ3n) is 4.53. The van der Waals surface area contributed by atoms with E-state index in [1.54, 1.807) is 18.2 Å². The summed E-state index contributed by atoms with van der Waals surface area (Å²) in [6.07, 6.45) is 1.61. The number of amides is 1. The first kappa shape index (κ1) is 13.9. The van der Waals surface area contributed by atoms with Gasteiger partial charge in [-0.2, -0.15) is 0 Å². The fourth-order valence-electron chi connectivity index (χ4n) is 3.42. The first-order chi connectivity index (χ1) is 11.1. The lowest BCUT2D eigenvalue weighted by Gasteiger charge is -2.13. The lowest BCUT2D eigenvalue weighted by atomic mass is 10.1. The molecule has 3 N–H and O–H groups in total. The second kappa shape index (κ2) is 5.16. The van der Waals surface area contributed by atoms with Crippen molar-refractivity contribution < 1.29 is 9.90 Å². The fraction of sp³-hybridized carbons (Fsp3) is 0.211. The summed E-state index contributed by atoms with van der Waals surface area (Å²) in [4.78, 5) is 15.8. The first-order valence-corrected chi connectivity index (χ1v) is 7.81. The van der Waals surface area contributed by atoms with E-state index in [0.717, 1.165) is 18.4 Å². The highest BCUT2D eigenvalue weighted by atomic mass is 16.3. The molecule has 0 saturated heterocycles. The Labute approximate surface area is 134 Å². The second-order valence-corrected chi connectivity index (χ2v) is 6.23. The van der Waals surface area contributed by atoms with Gasteiger partial charge in [-0.3, -0.25) is 4.79 Å². The molecule has 1 amide bonds. The Bertz CT molecular complexity index is 911. The van der Waals surface area contributed by atoms with Crippen LogP contribution < -0.4 is 5.32 Å². The maximum absolute atomic E-state index is 12.3. The molecule has 4 rings (SSSR count). The van der Waals surface area contributed by atoms with E-state index in [4.69, 9.17) is 0 Å². The second-order valence-electron chi connectivity index (χ2n) is 6.23. The maximum atomic E-state index is 12.3. The molecule has 0 fully saturated rings. The van der Waals surface area contributed by atoms with Crippen molar-refractivity contribution in [1.29, 1.82) is 0 Å². The van der Waals surface area contributed by atoms with Crippen LogP contribution in [0, 0.1) is 6.92 Å². The Kier molecular flexibility index (Phi) is 3.11. The van der Waals surface area contributed by atoms with Crippen LogP contribution in [0.25, 0.3) is 10.9 Å². The zero-order chi connectivity index (χ0) is 16.0. The molecular weight excluding hydrogens is 288 g/mol. The van der Waals surface area contributed by atoms with E-state index in [-0.39, 0.29) is 17.7 Å². The quantitative estimate of drug-likeness (QED) is 0.681. The molecule has 1 aromatic heterocycles. The number of rotatable bonds is 2. The van der Waals surface area contributed by atoms with Crippen molar-refractivity contribution in [1.82, 2.24) is 10.3 Å². The van der Waals surface area contributed by atoms with Crippen LogP contribution in [-0.4, -0.2) is 22.0 Å². The third-order valence-corrected chi connectivity index (χ3v) is 4.53. The number of aryl methyl sites for hydroxylation is 1. The van der Waals surface area contributed by atoms with E-state index in [9.17, 15) is 9.90 Å². The summed E-state index contributed by atoms with van der Waals surface area (Å²) in [6, 6.07) is 13.1. The number of H-pyrrole nitrogens is 1. The van der Waals surface area contributed by atoms with E-state index < -0.39 is 0 Å². The number of aromatic nitrogens is 1. The number of carbonyl (C=O) groups is 1. The van der Waals surface area contributed by atoms with Crippen LogP contribution >= 0.6 is 0 Å². The molecule has 0 radical (unpaired) electrons. The van der Waals surface area contributed by atoms with Crippen LogP contribution in [0.5, 0.6) is 5.75 Å². The monoisotopic (exact) mass is 306 g/mol. The average molecular weight is 306 g/mol. The molecule has 1 atom stereocenters. The molecule has 4 heteroatoms. The van der Waals surface area contributed by atoms with Gasteiger partial charge in [0.15, 0.2) is 0 Å². The number of aromatic amines is 1. The van der Waals surface area contributed by atoms with Crippen molar-refractivity contribution in [3.63, 3.8) is 0 Å². The van der Waals surface area contributed by atoms with E-state index in [2.05, 4.69) is 35.4 Å². The molecular formula is C19H18N2O2. The molecule has 1 aliphatic carbocycles. The third kappa shape index (κ3) is 2.36. The molecule has 0 bridgehead atoms. The highest BCUT2D eigenvalue weighted by Crippen LogP contribution is 2.31. The Balaban J connectivity index is 1.56. The number of aromatic hydroxyl groups is 1. The Morgan fingerprint density at radius 2 is 2.04 bits per heavy atom. The molecule has 1 aliphatic rings. The van der Waals surface area contributed by atoms with Gasteiger partial charge in [-0.15, -0.1) is 0 Å². The van der Waals surface area contributed by atoms with Crippen LogP contribution in [0.2, 0.25) is 0 Å². The van der Waals surface area contributed by atoms with Gasteiger partial charge in [-0.1, -0.05) is 23.8 Å². The summed E-state index contributed by atoms with van der Waals surface area (Å²) >= 11 is 0. The molecule has 116 valence electrons. The molecule has 1 unspecified atom stereocenters. The Morgan fingerprint density at radius 3 is 2.87 bits per heavy atom. The highest BCUT2D eigenvalue weighted by Gasteiger charge is 2.27. The van der Waals surface area contributed by atoms with Crippen molar-refractivity contribution in [2.45, 2.75) is 25.8 Å². The zero-order valence-electron chi connectivity index (χ0n) is 12.9.